The van der Waals surface area contributed by atoms with Crippen molar-refractivity contribution in [1.29, 1.82) is 0 Å². The van der Waals surface area contributed by atoms with E-state index in [0.29, 0.717) is 11.5 Å². The maximum Gasteiger partial charge on any atom is 0.272 e. The van der Waals surface area contributed by atoms with Crippen LogP contribution in [0.4, 0.5) is 11.4 Å². The second kappa shape index (κ2) is 6.44. The maximum absolute atomic E-state index is 12.4. The summed E-state index contributed by atoms with van der Waals surface area (Å²) in [5, 5.41) is 13.6. The number of anilines is 1. The van der Waals surface area contributed by atoms with Gasteiger partial charge in [-0.05, 0) is 25.1 Å². The van der Waals surface area contributed by atoms with E-state index < -0.39 is 14.9 Å². The highest BCUT2D eigenvalue weighted by Gasteiger charge is 2.18. The Bertz CT molecular complexity index is 1130. The van der Waals surface area contributed by atoms with Gasteiger partial charge >= 0.3 is 0 Å². The minimum Gasteiger partial charge on any atom is -0.294 e. The lowest BCUT2D eigenvalue weighted by atomic mass is 10.3. The van der Waals surface area contributed by atoms with Crippen molar-refractivity contribution in [2.24, 2.45) is 0 Å². The molecule has 0 unspecified atom stereocenters. The maximum atomic E-state index is 12.4. The summed E-state index contributed by atoms with van der Waals surface area (Å²) in [6.07, 6.45) is 1.24. The van der Waals surface area contributed by atoms with E-state index >= 15 is 0 Å². The second-order valence-electron chi connectivity index (χ2n) is 5.38. The van der Waals surface area contributed by atoms with Crippen LogP contribution in [-0.2, 0) is 10.0 Å². The van der Waals surface area contributed by atoms with Crippen molar-refractivity contribution in [2.45, 2.75) is 11.8 Å². The van der Waals surface area contributed by atoms with E-state index in [1.165, 1.54) is 47.3 Å². The van der Waals surface area contributed by atoms with E-state index in [9.17, 15) is 23.3 Å². The Morgan fingerprint density at radius 1 is 1.23 bits per heavy atom. The number of hydrogen-bond donors (Lipinski definition) is 2. The molecule has 0 aliphatic carbocycles. The van der Waals surface area contributed by atoms with Crippen molar-refractivity contribution in [1.82, 2.24) is 14.8 Å². The number of nitro groups is 1. The fourth-order valence-corrected chi connectivity index (χ4v) is 3.32. The first-order valence-electron chi connectivity index (χ1n) is 7.29. The summed E-state index contributed by atoms with van der Waals surface area (Å²) in [5.74, 6) is 0.293. The molecule has 0 saturated carbocycles. The number of non-ortho nitro benzene ring substituents is 1. The van der Waals surface area contributed by atoms with Gasteiger partial charge < -0.3 is 0 Å². The van der Waals surface area contributed by atoms with Gasteiger partial charge in [0, 0.05) is 23.9 Å². The Hall–Kier alpha value is -3.47. The molecule has 134 valence electrons. The van der Waals surface area contributed by atoms with E-state index in [0.717, 1.165) is 6.07 Å². The lowest BCUT2D eigenvalue weighted by molar-refractivity contribution is -0.385. The fraction of sp³-hybridized carbons (Fsp3) is 0.0667. The minimum absolute atomic E-state index is 0.150. The quantitative estimate of drug-likeness (QED) is 0.512. The van der Waals surface area contributed by atoms with Crippen LogP contribution in [0, 0.1) is 17.0 Å². The molecule has 0 aliphatic heterocycles. The number of aromatic nitrogens is 3. The smallest absolute Gasteiger partial charge is 0.272 e. The van der Waals surface area contributed by atoms with Crippen LogP contribution in [0.3, 0.4) is 0 Å². The largest absolute Gasteiger partial charge is 0.294 e. The molecule has 0 amide bonds. The molecule has 0 bridgehead atoms. The molecule has 3 rings (SSSR count). The third-order valence-corrected chi connectivity index (χ3v) is 4.80. The standard InChI is InChI=1S/C15H13N5O5S/c1-10-7-15(21)19(17-10)14-6-5-11(9-16-14)18-26(24,25)13-4-2-3-12(8-13)20(22)23/h2-9,17-18H,1H3. The summed E-state index contributed by atoms with van der Waals surface area (Å²) >= 11 is 0. The van der Waals surface area contributed by atoms with Crippen molar-refractivity contribution < 1.29 is 13.3 Å². The molecule has 0 fully saturated rings. The lowest BCUT2D eigenvalue weighted by Gasteiger charge is -2.08. The molecule has 0 saturated heterocycles. The number of pyridine rings is 1. The van der Waals surface area contributed by atoms with E-state index in [2.05, 4.69) is 14.8 Å². The van der Waals surface area contributed by atoms with Crippen LogP contribution in [0.25, 0.3) is 5.82 Å². The molecule has 3 aromatic rings. The minimum atomic E-state index is -4.02. The average Bonchev–Trinajstić information content (AvgIpc) is 2.94. The summed E-state index contributed by atoms with van der Waals surface area (Å²) in [5.41, 5.74) is 0.187. The van der Waals surface area contributed by atoms with Gasteiger partial charge in [0.1, 0.15) is 0 Å². The monoisotopic (exact) mass is 375 g/mol. The van der Waals surface area contributed by atoms with Crippen molar-refractivity contribution in [2.75, 3.05) is 4.72 Å². The molecular formula is C15H13N5O5S. The molecule has 2 aromatic heterocycles. The number of H-pyrrole nitrogens is 1. The fourth-order valence-electron chi connectivity index (χ4n) is 2.24. The van der Waals surface area contributed by atoms with Gasteiger partial charge in [-0.1, -0.05) is 6.07 Å². The molecule has 11 heteroatoms. The summed E-state index contributed by atoms with van der Waals surface area (Å²) in [7, 11) is -4.02. The second-order valence-corrected chi connectivity index (χ2v) is 7.06. The van der Waals surface area contributed by atoms with Gasteiger partial charge in [0.05, 0.1) is 21.7 Å². The number of benzene rings is 1. The van der Waals surface area contributed by atoms with Crippen LogP contribution in [0.1, 0.15) is 5.69 Å². The van der Waals surface area contributed by atoms with Crippen molar-refractivity contribution in [3.8, 4) is 5.82 Å². The molecule has 1 aromatic carbocycles. The average molecular weight is 375 g/mol. The Kier molecular flexibility index (Phi) is 4.30. The number of nitrogens with zero attached hydrogens (tertiary/aromatic N) is 3. The molecule has 26 heavy (non-hydrogen) atoms. The van der Waals surface area contributed by atoms with Crippen molar-refractivity contribution in [3.05, 3.63) is 74.8 Å². The first-order valence-corrected chi connectivity index (χ1v) is 8.77. The van der Waals surface area contributed by atoms with Crippen LogP contribution in [0.15, 0.2) is 58.4 Å². The predicted octanol–water partition coefficient (Wildman–Crippen LogP) is 1.58. The number of aryl methyl sites for hydroxylation is 1. The normalized spacial score (nSPS) is 11.3. The zero-order valence-electron chi connectivity index (χ0n) is 13.4. The molecule has 2 N–H and O–H groups in total. The van der Waals surface area contributed by atoms with Gasteiger partial charge in [-0.3, -0.25) is 24.7 Å². The Morgan fingerprint density at radius 2 is 2.00 bits per heavy atom. The third-order valence-electron chi connectivity index (χ3n) is 3.42. The SMILES string of the molecule is Cc1cc(=O)n(-c2ccc(NS(=O)(=O)c3cccc([N+](=O)[O-])c3)cn2)[nH]1. The zero-order valence-corrected chi connectivity index (χ0v) is 14.2. The molecule has 10 nitrogen and oxygen atoms in total. The number of sulfonamides is 1. The summed E-state index contributed by atoms with van der Waals surface area (Å²) in [6.45, 7) is 1.72. The number of hydrogen-bond acceptors (Lipinski definition) is 6. The Balaban J connectivity index is 1.86. The van der Waals surface area contributed by atoms with Crippen molar-refractivity contribution in [3.63, 3.8) is 0 Å². The first-order chi connectivity index (χ1) is 12.3. The molecule has 0 atom stereocenters. The van der Waals surface area contributed by atoms with Crippen molar-refractivity contribution >= 4 is 21.4 Å². The number of rotatable bonds is 5. The lowest BCUT2D eigenvalue weighted by Crippen LogP contribution is -2.16. The highest BCUT2D eigenvalue weighted by atomic mass is 32.2. The predicted molar refractivity (Wildman–Crippen MR) is 92.8 cm³/mol. The number of nitrogens with one attached hydrogen (secondary N) is 2. The third kappa shape index (κ3) is 3.47. The number of aromatic amines is 1. The molecule has 0 aliphatic rings. The van der Waals surface area contributed by atoms with Gasteiger partial charge in [0.25, 0.3) is 21.3 Å². The van der Waals surface area contributed by atoms with Crippen LogP contribution < -0.4 is 10.3 Å². The summed E-state index contributed by atoms with van der Waals surface area (Å²) in [4.78, 5) is 25.7. The van der Waals surface area contributed by atoms with Gasteiger partial charge in [0.15, 0.2) is 5.82 Å². The van der Waals surface area contributed by atoms with Gasteiger partial charge in [-0.25, -0.2) is 18.1 Å². The Morgan fingerprint density at radius 3 is 2.58 bits per heavy atom. The molecular weight excluding hydrogens is 362 g/mol. The molecule has 2 heterocycles. The van der Waals surface area contributed by atoms with Gasteiger partial charge in [-0.15, -0.1) is 0 Å². The van der Waals surface area contributed by atoms with E-state index in [1.54, 1.807) is 6.92 Å². The number of nitro benzene ring substituents is 1. The summed E-state index contributed by atoms with van der Waals surface area (Å²) in [6, 6.07) is 8.99. The van der Waals surface area contributed by atoms with E-state index in [4.69, 9.17) is 0 Å². The highest BCUT2D eigenvalue weighted by Crippen LogP contribution is 2.20. The molecule has 0 spiro atoms. The van der Waals surface area contributed by atoms with Gasteiger partial charge in [-0.2, -0.15) is 0 Å². The van der Waals surface area contributed by atoms with E-state index in [-0.39, 0.29) is 21.8 Å². The van der Waals surface area contributed by atoms with Crippen LogP contribution in [-0.4, -0.2) is 28.1 Å². The first kappa shape index (κ1) is 17.4. The van der Waals surface area contributed by atoms with Gasteiger partial charge in [0.2, 0.25) is 0 Å². The van der Waals surface area contributed by atoms with Crippen LogP contribution in [0.5, 0.6) is 0 Å². The van der Waals surface area contributed by atoms with E-state index in [1.807, 2.05) is 0 Å². The molecule has 0 radical (unpaired) electrons. The topological polar surface area (TPSA) is 140 Å². The highest BCUT2D eigenvalue weighted by molar-refractivity contribution is 7.92. The van der Waals surface area contributed by atoms with Crippen LogP contribution >= 0.6 is 0 Å². The van der Waals surface area contributed by atoms with Crippen LogP contribution in [0.2, 0.25) is 0 Å². The summed E-state index contributed by atoms with van der Waals surface area (Å²) < 4.78 is 28.2. The zero-order chi connectivity index (χ0) is 18.9. The Labute approximate surface area is 147 Å².